The molecule has 0 bridgehead atoms. The number of hydrogen-bond donors (Lipinski definition) is 0. The first-order chi connectivity index (χ1) is 14.1. The zero-order valence-corrected chi connectivity index (χ0v) is 18.3. The van der Waals surface area contributed by atoms with Gasteiger partial charge in [0, 0.05) is 5.75 Å². The molecule has 4 nitrogen and oxygen atoms in total. The minimum Gasteiger partial charge on any atom is -0.465 e. The van der Waals surface area contributed by atoms with Crippen LogP contribution in [0.15, 0.2) is 60.0 Å². The molecule has 0 unspecified atom stereocenters. The molecular weight excluding hydrogens is 457 g/mol. The highest BCUT2D eigenvalue weighted by molar-refractivity contribution is 8.77. The Kier molecular flexibility index (Phi) is 8.87. The third-order valence-corrected chi connectivity index (χ3v) is 7.30. The number of sulfone groups is 1. The second-order valence-corrected chi connectivity index (χ2v) is 10.6. The van der Waals surface area contributed by atoms with Crippen LogP contribution in [-0.2, 0) is 32.3 Å². The predicted octanol–water partition coefficient (Wildman–Crippen LogP) is 5.50. The molecule has 0 spiro atoms. The van der Waals surface area contributed by atoms with Gasteiger partial charge < -0.3 is 4.74 Å². The number of hydrogen-bond acceptors (Lipinski definition) is 6. The fraction of sp³-hybridized carbons (Fsp3) is 0.250. The summed E-state index contributed by atoms with van der Waals surface area (Å²) in [6.07, 6.45) is -2.93. The van der Waals surface area contributed by atoms with Crippen molar-refractivity contribution in [1.29, 1.82) is 0 Å². The maximum atomic E-state index is 12.5. The van der Waals surface area contributed by atoms with E-state index in [4.69, 9.17) is 0 Å². The van der Waals surface area contributed by atoms with Crippen molar-refractivity contribution >= 4 is 37.4 Å². The van der Waals surface area contributed by atoms with Crippen LogP contribution < -0.4 is 0 Å². The van der Waals surface area contributed by atoms with Gasteiger partial charge in [-0.15, -0.1) is 0 Å². The van der Waals surface area contributed by atoms with Crippen molar-refractivity contribution in [3.63, 3.8) is 0 Å². The summed E-state index contributed by atoms with van der Waals surface area (Å²) in [6.45, 7) is 0. The first-order valence-corrected chi connectivity index (χ1v) is 12.8. The third-order valence-electron chi connectivity index (χ3n) is 3.84. The molecule has 0 aliphatic carbocycles. The maximum absolute atomic E-state index is 12.5. The number of halogens is 3. The van der Waals surface area contributed by atoms with Crippen molar-refractivity contribution in [3.8, 4) is 0 Å². The molecule has 10 heteroatoms. The molecule has 30 heavy (non-hydrogen) atoms. The first-order valence-electron chi connectivity index (χ1n) is 8.58. The molecule has 0 heterocycles. The van der Waals surface area contributed by atoms with Gasteiger partial charge in [0.25, 0.3) is 0 Å². The summed E-state index contributed by atoms with van der Waals surface area (Å²) in [4.78, 5) is 11.4. The molecule has 2 aromatic carbocycles. The number of rotatable bonds is 9. The molecule has 0 N–H and O–H groups in total. The summed E-state index contributed by atoms with van der Waals surface area (Å²) in [6, 6.07) is 11.1. The van der Waals surface area contributed by atoms with Crippen molar-refractivity contribution in [2.45, 2.75) is 17.7 Å². The summed E-state index contributed by atoms with van der Waals surface area (Å²) in [5.41, 5.74) is 0.978. The summed E-state index contributed by atoms with van der Waals surface area (Å²) in [5, 5.41) is 1.66. The molecule has 162 valence electrons. The van der Waals surface area contributed by atoms with Crippen LogP contribution >= 0.6 is 21.6 Å². The summed E-state index contributed by atoms with van der Waals surface area (Å²) in [5.74, 6) is -0.256. The van der Waals surface area contributed by atoms with Crippen LogP contribution in [0, 0.1) is 0 Å². The minimum absolute atomic E-state index is 0.199. The van der Waals surface area contributed by atoms with Gasteiger partial charge in [-0.25, -0.2) is 13.2 Å². The lowest BCUT2D eigenvalue weighted by atomic mass is 10.1. The van der Waals surface area contributed by atoms with E-state index in [0.29, 0.717) is 16.9 Å². The zero-order chi connectivity index (χ0) is 22.2. The Morgan fingerprint density at radius 1 is 1.03 bits per heavy atom. The minimum atomic E-state index is -4.45. The van der Waals surface area contributed by atoms with E-state index < -0.39 is 27.5 Å². The van der Waals surface area contributed by atoms with Gasteiger partial charge in [-0.05, 0) is 40.8 Å². The van der Waals surface area contributed by atoms with Crippen LogP contribution in [0.25, 0.3) is 0 Å². The Morgan fingerprint density at radius 3 is 2.20 bits per heavy atom. The van der Waals surface area contributed by atoms with Gasteiger partial charge in [0.15, 0.2) is 9.84 Å². The van der Waals surface area contributed by atoms with Gasteiger partial charge in [-0.1, -0.05) is 51.9 Å². The third kappa shape index (κ3) is 8.08. The molecular formula is C20H19F3O4S3. The van der Waals surface area contributed by atoms with Crippen LogP contribution in [0.3, 0.4) is 0 Å². The van der Waals surface area contributed by atoms with E-state index in [1.165, 1.54) is 46.9 Å². The molecule has 0 aliphatic rings. The Hall–Kier alpha value is -1.91. The normalized spacial score (nSPS) is 12.3. The lowest BCUT2D eigenvalue weighted by Gasteiger charge is -2.07. The smallest absolute Gasteiger partial charge is 0.416 e. The molecule has 2 aromatic rings. The SMILES string of the molecule is COC(=O)c1ccc(CSS/C=C\CS(=O)(=O)Cc2ccc(C(F)(F)F)cc2)cc1. The second-order valence-electron chi connectivity index (χ2n) is 6.17. The van der Waals surface area contributed by atoms with Crippen LogP contribution in [-0.4, -0.2) is 27.2 Å². The highest BCUT2D eigenvalue weighted by Gasteiger charge is 2.30. The molecule has 0 saturated carbocycles. The van der Waals surface area contributed by atoms with Gasteiger partial charge in [0.1, 0.15) is 0 Å². The Balaban J connectivity index is 1.76. The molecule has 2 rings (SSSR count). The lowest BCUT2D eigenvalue weighted by molar-refractivity contribution is -0.137. The summed E-state index contributed by atoms with van der Waals surface area (Å²) in [7, 11) is 0.713. The zero-order valence-electron chi connectivity index (χ0n) is 15.9. The highest BCUT2D eigenvalue weighted by Crippen LogP contribution is 2.29. The van der Waals surface area contributed by atoms with E-state index in [1.807, 2.05) is 12.1 Å². The molecule has 0 aromatic heterocycles. The van der Waals surface area contributed by atoms with Crippen molar-refractivity contribution in [1.82, 2.24) is 0 Å². The topological polar surface area (TPSA) is 60.4 Å². The van der Waals surface area contributed by atoms with E-state index in [1.54, 1.807) is 17.5 Å². The van der Waals surface area contributed by atoms with Crippen molar-refractivity contribution < 1.29 is 31.1 Å². The standard InChI is InChI=1S/C20H19F3O4S3/c1-27-19(24)17-7-3-15(4-8-17)13-29-28-11-2-12-30(25,26)14-16-5-9-18(10-6-16)20(21,22)23/h2-11H,12-14H2,1H3/b11-2-. The lowest BCUT2D eigenvalue weighted by Crippen LogP contribution is -2.08. The number of ether oxygens (including phenoxy) is 1. The van der Waals surface area contributed by atoms with Gasteiger partial charge in [-0.3, -0.25) is 0 Å². The van der Waals surface area contributed by atoms with Gasteiger partial charge >= 0.3 is 12.1 Å². The number of carbonyl (C=O) groups is 1. The largest absolute Gasteiger partial charge is 0.465 e. The quantitative estimate of drug-likeness (QED) is 0.271. The fourth-order valence-electron chi connectivity index (χ4n) is 2.32. The van der Waals surface area contributed by atoms with E-state index in [0.717, 1.165) is 17.7 Å². The van der Waals surface area contributed by atoms with Crippen molar-refractivity contribution in [3.05, 3.63) is 82.3 Å². The molecule has 0 amide bonds. The monoisotopic (exact) mass is 476 g/mol. The summed E-state index contributed by atoms with van der Waals surface area (Å²) >= 11 is 0. The van der Waals surface area contributed by atoms with Crippen molar-refractivity contribution in [2.75, 3.05) is 12.9 Å². The predicted molar refractivity (Wildman–Crippen MR) is 115 cm³/mol. The maximum Gasteiger partial charge on any atom is 0.416 e. The van der Waals surface area contributed by atoms with Crippen LogP contribution in [0.2, 0.25) is 0 Å². The van der Waals surface area contributed by atoms with Crippen LogP contribution in [0.1, 0.15) is 27.0 Å². The Morgan fingerprint density at radius 2 is 1.63 bits per heavy atom. The number of alkyl halides is 3. The van der Waals surface area contributed by atoms with E-state index in [-0.39, 0.29) is 11.5 Å². The summed E-state index contributed by atoms with van der Waals surface area (Å²) < 4.78 is 66.5. The number of esters is 1. The molecule has 0 saturated heterocycles. The highest BCUT2D eigenvalue weighted by atomic mass is 33.1. The fourth-order valence-corrected chi connectivity index (χ4v) is 5.39. The van der Waals surface area contributed by atoms with Crippen LogP contribution in [0.5, 0.6) is 0 Å². The van der Waals surface area contributed by atoms with E-state index in [2.05, 4.69) is 4.74 Å². The number of carbonyl (C=O) groups excluding carboxylic acids is 1. The number of benzene rings is 2. The Labute approximate surface area is 181 Å². The molecule has 0 atom stereocenters. The molecule has 0 aliphatic heterocycles. The average Bonchev–Trinajstić information content (AvgIpc) is 2.70. The molecule has 0 fully saturated rings. The van der Waals surface area contributed by atoms with E-state index >= 15 is 0 Å². The number of methoxy groups -OCH3 is 1. The second kappa shape index (κ2) is 10.9. The van der Waals surface area contributed by atoms with Crippen LogP contribution in [0.4, 0.5) is 13.2 Å². The first kappa shape index (κ1) is 24.4. The van der Waals surface area contributed by atoms with Crippen molar-refractivity contribution in [2.24, 2.45) is 0 Å². The van der Waals surface area contributed by atoms with Gasteiger partial charge in [-0.2, -0.15) is 13.2 Å². The Bertz CT molecular complexity index is 968. The van der Waals surface area contributed by atoms with Gasteiger partial charge in [0.05, 0.1) is 29.7 Å². The van der Waals surface area contributed by atoms with Gasteiger partial charge in [0.2, 0.25) is 0 Å². The average molecular weight is 477 g/mol. The van der Waals surface area contributed by atoms with E-state index in [9.17, 15) is 26.4 Å². The molecule has 0 radical (unpaired) electrons.